The summed E-state index contributed by atoms with van der Waals surface area (Å²) in [6, 6.07) is 12.6. The van der Waals surface area contributed by atoms with Gasteiger partial charge in [0, 0.05) is 25.5 Å². The van der Waals surface area contributed by atoms with Crippen molar-refractivity contribution < 1.29 is 4.79 Å². The van der Waals surface area contributed by atoms with Crippen LogP contribution < -0.4 is 0 Å². The van der Waals surface area contributed by atoms with Gasteiger partial charge in [0.15, 0.2) is 0 Å². The van der Waals surface area contributed by atoms with Gasteiger partial charge in [0.05, 0.1) is 12.5 Å². The molecule has 0 bridgehead atoms. The molecule has 3 rings (SSSR count). The standard InChI is InChI=1S/C19H24N2O/c1-16-8-7-9-17(14-16)18(20-10-5-6-11-20)15-19(22)21-12-3-2-4-13-21/h5-11,14,18H,2-4,12-13,15H2,1H3. The molecule has 0 radical (unpaired) electrons. The summed E-state index contributed by atoms with van der Waals surface area (Å²) in [6.07, 6.45) is 8.18. The monoisotopic (exact) mass is 296 g/mol. The van der Waals surface area contributed by atoms with Crippen molar-refractivity contribution in [1.82, 2.24) is 9.47 Å². The van der Waals surface area contributed by atoms with Crippen LogP contribution in [0.3, 0.4) is 0 Å². The normalized spacial score (nSPS) is 16.5. The molecule has 0 saturated carbocycles. The highest BCUT2D eigenvalue weighted by molar-refractivity contribution is 5.77. The minimum Gasteiger partial charge on any atom is -0.346 e. The van der Waals surface area contributed by atoms with Gasteiger partial charge in [0.1, 0.15) is 0 Å². The molecule has 1 atom stereocenters. The first-order valence-electron chi connectivity index (χ1n) is 8.21. The van der Waals surface area contributed by atoms with Gasteiger partial charge in [-0.2, -0.15) is 0 Å². The zero-order valence-electron chi connectivity index (χ0n) is 13.2. The van der Waals surface area contributed by atoms with E-state index in [4.69, 9.17) is 0 Å². The number of rotatable bonds is 4. The predicted octanol–water partition coefficient (Wildman–Crippen LogP) is 3.79. The zero-order chi connectivity index (χ0) is 15.4. The van der Waals surface area contributed by atoms with Gasteiger partial charge in [-0.25, -0.2) is 0 Å². The maximum Gasteiger partial charge on any atom is 0.225 e. The average molecular weight is 296 g/mol. The Labute approximate surface area is 132 Å². The summed E-state index contributed by atoms with van der Waals surface area (Å²) < 4.78 is 2.15. The Morgan fingerprint density at radius 1 is 1.09 bits per heavy atom. The largest absolute Gasteiger partial charge is 0.346 e. The van der Waals surface area contributed by atoms with Crippen LogP contribution >= 0.6 is 0 Å². The topological polar surface area (TPSA) is 25.2 Å². The first-order chi connectivity index (χ1) is 10.7. The smallest absolute Gasteiger partial charge is 0.225 e. The van der Waals surface area contributed by atoms with Crippen LogP contribution in [0.2, 0.25) is 0 Å². The Bertz CT molecular complexity index is 612. The minimum absolute atomic E-state index is 0.0873. The number of carbonyl (C=O) groups excluding carboxylic acids is 1. The quantitative estimate of drug-likeness (QED) is 0.842. The third-order valence-electron chi connectivity index (χ3n) is 4.49. The van der Waals surface area contributed by atoms with Crippen molar-refractivity contribution in [3.8, 4) is 0 Å². The van der Waals surface area contributed by atoms with Gasteiger partial charge in [-0.05, 0) is 43.9 Å². The second kappa shape index (κ2) is 6.82. The molecule has 1 aromatic heterocycles. The average Bonchev–Trinajstić information content (AvgIpc) is 3.07. The number of hydrogen-bond donors (Lipinski definition) is 0. The summed E-state index contributed by atoms with van der Waals surface area (Å²) in [4.78, 5) is 14.7. The minimum atomic E-state index is 0.0873. The summed E-state index contributed by atoms with van der Waals surface area (Å²) in [5, 5.41) is 0. The predicted molar refractivity (Wildman–Crippen MR) is 88.8 cm³/mol. The van der Waals surface area contributed by atoms with E-state index >= 15 is 0 Å². The second-order valence-corrected chi connectivity index (χ2v) is 6.21. The lowest BCUT2D eigenvalue weighted by Crippen LogP contribution is -2.36. The highest BCUT2D eigenvalue weighted by atomic mass is 16.2. The SMILES string of the molecule is Cc1cccc(C(CC(=O)N2CCCCC2)n2cccc2)c1. The van der Waals surface area contributed by atoms with E-state index in [-0.39, 0.29) is 11.9 Å². The zero-order valence-corrected chi connectivity index (χ0v) is 13.2. The van der Waals surface area contributed by atoms with E-state index in [0.29, 0.717) is 6.42 Å². The van der Waals surface area contributed by atoms with Gasteiger partial charge in [-0.15, -0.1) is 0 Å². The van der Waals surface area contributed by atoms with Crippen molar-refractivity contribution in [2.45, 2.75) is 38.6 Å². The summed E-state index contributed by atoms with van der Waals surface area (Å²) in [5.74, 6) is 0.278. The van der Waals surface area contributed by atoms with E-state index < -0.39 is 0 Å². The number of hydrogen-bond acceptors (Lipinski definition) is 1. The molecule has 2 heterocycles. The van der Waals surface area contributed by atoms with E-state index in [1.54, 1.807) is 0 Å². The number of likely N-dealkylation sites (tertiary alicyclic amines) is 1. The van der Waals surface area contributed by atoms with Crippen molar-refractivity contribution in [3.63, 3.8) is 0 Å². The highest BCUT2D eigenvalue weighted by Crippen LogP contribution is 2.25. The third-order valence-corrected chi connectivity index (χ3v) is 4.49. The summed E-state index contributed by atoms with van der Waals surface area (Å²) in [6.45, 7) is 3.94. The molecule has 3 nitrogen and oxygen atoms in total. The molecule has 2 aromatic rings. The molecule has 1 fully saturated rings. The van der Waals surface area contributed by atoms with Crippen LogP contribution in [-0.4, -0.2) is 28.5 Å². The molecule has 1 aliphatic heterocycles. The van der Waals surface area contributed by atoms with Crippen LogP contribution in [0.4, 0.5) is 0 Å². The van der Waals surface area contributed by atoms with E-state index in [2.05, 4.69) is 48.1 Å². The first kappa shape index (κ1) is 14.9. The van der Waals surface area contributed by atoms with Crippen molar-refractivity contribution in [2.24, 2.45) is 0 Å². The Kier molecular flexibility index (Phi) is 4.62. The Morgan fingerprint density at radius 2 is 1.82 bits per heavy atom. The number of amides is 1. The molecule has 116 valence electrons. The lowest BCUT2D eigenvalue weighted by Gasteiger charge is -2.29. The summed E-state index contributed by atoms with van der Waals surface area (Å²) in [7, 11) is 0. The Hall–Kier alpha value is -2.03. The van der Waals surface area contributed by atoms with E-state index in [1.807, 2.05) is 17.0 Å². The van der Waals surface area contributed by atoms with Crippen LogP contribution in [0.5, 0.6) is 0 Å². The van der Waals surface area contributed by atoms with Crippen molar-refractivity contribution in [1.29, 1.82) is 0 Å². The van der Waals surface area contributed by atoms with Gasteiger partial charge in [-0.3, -0.25) is 4.79 Å². The van der Waals surface area contributed by atoms with Crippen LogP contribution in [0.1, 0.15) is 42.9 Å². The fourth-order valence-electron chi connectivity index (χ4n) is 3.27. The molecule has 0 aliphatic carbocycles. The summed E-state index contributed by atoms with van der Waals surface area (Å²) in [5.41, 5.74) is 2.45. The number of carbonyl (C=O) groups is 1. The first-order valence-corrected chi connectivity index (χ1v) is 8.21. The van der Waals surface area contributed by atoms with Crippen molar-refractivity contribution >= 4 is 5.91 Å². The second-order valence-electron chi connectivity index (χ2n) is 6.21. The molecule has 3 heteroatoms. The number of aryl methyl sites for hydroxylation is 1. The maximum atomic E-state index is 12.7. The molecular formula is C19H24N2O. The number of benzene rings is 1. The van der Waals surface area contributed by atoms with Gasteiger partial charge in [-0.1, -0.05) is 29.8 Å². The molecular weight excluding hydrogens is 272 g/mol. The fraction of sp³-hybridized carbons (Fsp3) is 0.421. The molecule has 1 aromatic carbocycles. The molecule has 1 amide bonds. The van der Waals surface area contributed by atoms with Crippen LogP contribution in [0.15, 0.2) is 48.8 Å². The van der Waals surface area contributed by atoms with E-state index in [1.165, 1.54) is 17.5 Å². The molecule has 0 spiro atoms. The number of nitrogens with zero attached hydrogens (tertiary/aromatic N) is 2. The molecule has 1 unspecified atom stereocenters. The summed E-state index contributed by atoms with van der Waals surface area (Å²) >= 11 is 0. The van der Waals surface area contributed by atoms with Crippen LogP contribution in [0, 0.1) is 6.92 Å². The van der Waals surface area contributed by atoms with Gasteiger partial charge >= 0.3 is 0 Å². The van der Waals surface area contributed by atoms with E-state index in [0.717, 1.165) is 25.9 Å². The fourth-order valence-corrected chi connectivity index (χ4v) is 3.27. The Morgan fingerprint density at radius 3 is 2.50 bits per heavy atom. The molecule has 1 aliphatic rings. The van der Waals surface area contributed by atoms with Gasteiger partial charge in [0.2, 0.25) is 5.91 Å². The van der Waals surface area contributed by atoms with E-state index in [9.17, 15) is 4.79 Å². The lowest BCUT2D eigenvalue weighted by molar-refractivity contribution is -0.132. The van der Waals surface area contributed by atoms with Gasteiger partial charge < -0.3 is 9.47 Å². The molecule has 0 N–H and O–H groups in total. The number of aromatic nitrogens is 1. The van der Waals surface area contributed by atoms with Crippen molar-refractivity contribution in [2.75, 3.05) is 13.1 Å². The Balaban J connectivity index is 1.81. The molecule has 22 heavy (non-hydrogen) atoms. The lowest BCUT2D eigenvalue weighted by atomic mass is 10.00. The molecule has 1 saturated heterocycles. The highest BCUT2D eigenvalue weighted by Gasteiger charge is 2.22. The van der Waals surface area contributed by atoms with Crippen LogP contribution in [0.25, 0.3) is 0 Å². The van der Waals surface area contributed by atoms with Crippen LogP contribution in [-0.2, 0) is 4.79 Å². The number of piperidine rings is 1. The van der Waals surface area contributed by atoms with Gasteiger partial charge in [0.25, 0.3) is 0 Å². The third kappa shape index (κ3) is 3.41. The van der Waals surface area contributed by atoms with Crippen molar-refractivity contribution in [3.05, 3.63) is 59.9 Å². The maximum absolute atomic E-state index is 12.7.